The molecule has 0 bridgehead atoms. The van der Waals surface area contributed by atoms with Crippen molar-refractivity contribution in [3.63, 3.8) is 0 Å². The topological polar surface area (TPSA) is 69.7 Å². The summed E-state index contributed by atoms with van der Waals surface area (Å²) in [7, 11) is 0. The Kier molecular flexibility index (Phi) is 5.80. The summed E-state index contributed by atoms with van der Waals surface area (Å²) in [6.07, 6.45) is 4.09. The minimum atomic E-state index is -0.888. The maximum atomic E-state index is 13.6. The van der Waals surface area contributed by atoms with E-state index in [0.717, 1.165) is 52.1 Å². The van der Waals surface area contributed by atoms with Gasteiger partial charge in [-0.2, -0.15) is 0 Å². The average molecular weight is 434 g/mol. The number of nitrogens with one attached hydrogen (secondary N) is 1. The average Bonchev–Trinajstić information content (AvgIpc) is 2.93. The summed E-state index contributed by atoms with van der Waals surface area (Å²) >= 11 is 0. The Morgan fingerprint density at radius 1 is 0.906 bits per heavy atom. The van der Waals surface area contributed by atoms with Gasteiger partial charge in [-0.3, -0.25) is 19.4 Å². The van der Waals surface area contributed by atoms with E-state index in [2.05, 4.69) is 5.32 Å². The molecule has 1 saturated carbocycles. The molecule has 2 aromatic carbocycles. The van der Waals surface area contributed by atoms with Crippen LogP contribution in [0.2, 0.25) is 0 Å². The molecule has 6 nitrogen and oxygen atoms in total. The normalized spacial score (nSPS) is 17.9. The van der Waals surface area contributed by atoms with Gasteiger partial charge in [0.1, 0.15) is 12.1 Å². The van der Waals surface area contributed by atoms with E-state index in [1.165, 1.54) is 0 Å². The molecular formula is C26H31N3O3. The van der Waals surface area contributed by atoms with E-state index in [9.17, 15) is 14.4 Å². The first kappa shape index (κ1) is 22.1. The molecule has 0 atom stereocenters. The van der Waals surface area contributed by atoms with Crippen molar-refractivity contribution in [3.05, 3.63) is 58.7 Å². The molecule has 6 heteroatoms. The highest BCUT2D eigenvalue weighted by molar-refractivity contribution is 6.18. The molecule has 1 N–H and O–H groups in total. The van der Waals surface area contributed by atoms with Crippen LogP contribution in [0.5, 0.6) is 0 Å². The van der Waals surface area contributed by atoms with Crippen molar-refractivity contribution in [1.29, 1.82) is 0 Å². The van der Waals surface area contributed by atoms with Crippen molar-refractivity contribution in [2.45, 2.75) is 65.3 Å². The predicted molar refractivity (Wildman–Crippen MR) is 126 cm³/mol. The summed E-state index contributed by atoms with van der Waals surface area (Å²) in [4.78, 5) is 42.8. The molecule has 0 aromatic heterocycles. The Hall–Kier alpha value is -3.15. The van der Waals surface area contributed by atoms with Crippen molar-refractivity contribution in [2.24, 2.45) is 0 Å². The first-order valence-electron chi connectivity index (χ1n) is 11.3. The van der Waals surface area contributed by atoms with Crippen molar-refractivity contribution in [3.8, 4) is 0 Å². The molecule has 1 saturated heterocycles. The zero-order valence-electron chi connectivity index (χ0n) is 19.3. The van der Waals surface area contributed by atoms with E-state index >= 15 is 0 Å². The van der Waals surface area contributed by atoms with Crippen LogP contribution >= 0.6 is 0 Å². The maximum Gasteiger partial charge on any atom is 0.332 e. The lowest BCUT2D eigenvalue weighted by atomic mass is 9.80. The summed E-state index contributed by atoms with van der Waals surface area (Å²) in [5.74, 6) is -0.617. The van der Waals surface area contributed by atoms with Gasteiger partial charge in [0.25, 0.3) is 5.91 Å². The fourth-order valence-corrected chi connectivity index (χ4v) is 5.20. The highest BCUT2D eigenvalue weighted by Gasteiger charge is 2.58. The predicted octanol–water partition coefficient (Wildman–Crippen LogP) is 5.03. The summed E-state index contributed by atoms with van der Waals surface area (Å²) in [5.41, 5.74) is 4.69. The number of amides is 4. The minimum Gasteiger partial charge on any atom is -0.324 e. The monoisotopic (exact) mass is 433 g/mol. The number of hydrogen-bond donors (Lipinski definition) is 1. The summed E-state index contributed by atoms with van der Waals surface area (Å²) in [6, 6.07) is 11.3. The first-order valence-corrected chi connectivity index (χ1v) is 11.3. The minimum absolute atomic E-state index is 0.254. The molecule has 168 valence electrons. The third-order valence-electron chi connectivity index (χ3n) is 6.71. The van der Waals surface area contributed by atoms with E-state index in [0.29, 0.717) is 18.5 Å². The van der Waals surface area contributed by atoms with E-state index in [1.54, 1.807) is 4.90 Å². The van der Waals surface area contributed by atoms with Gasteiger partial charge in [0.05, 0.1) is 0 Å². The molecule has 1 heterocycles. The molecule has 2 aliphatic rings. The number of rotatable bonds is 4. The van der Waals surface area contributed by atoms with E-state index in [1.807, 2.05) is 64.1 Å². The Morgan fingerprint density at radius 3 is 2.09 bits per heavy atom. The van der Waals surface area contributed by atoms with Crippen LogP contribution in [0.25, 0.3) is 0 Å². The summed E-state index contributed by atoms with van der Waals surface area (Å²) in [6.45, 7) is 7.60. The standard InChI is InChI=1S/C26H31N3O3/c1-17-8-10-21(11-9-17)29-25(32)28(24(31)26(29)12-6-5-7-13-26)16-22(30)27-23-19(3)14-18(2)15-20(23)4/h8-11,14-15H,5-7,12-13,16H2,1-4H3,(H,27,30). The smallest absolute Gasteiger partial charge is 0.324 e. The molecule has 0 unspecified atom stereocenters. The van der Waals surface area contributed by atoms with E-state index in [4.69, 9.17) is 0 Å². The van der Waals surface area contributed by atoms with Gasteiger partial charge in [0, 0.05) is 11.4 Å². The van der Waals surface area contributed by atoms with Crippen LogP contribution in [0.15, 0.2) is 36.4 Å². The molecule has 32 heavy (non-hydrogen) atoms. The molecule has 4 amide bonds. The zero-order valence-corrected chi connectivity index (χ0v) is 19.3. The maximum absolute atomic E-state index is 13.6. The van der Waals surface area contributed by atoms with Gasteiger partial charge < -0.3 is 5.32 Å². The fourth-order valence-electron chi connectivity index (χ4n) is 5.20. The van der Waals surface area contributed by atoms with Crippen LogP contribution in [-0.2, 0) is 9.59 Å². The second-order valence-corrected chi connectivity index (χ2v) is 9.26. The molecule has 4 rings (SSSR count). The number of carbonyl (C=O) groups excluding carboxylic acids is 3. The molecule has 1 aliphatic carbocycles. The van der Waals surface area contributed by atoms with E-state index < -0.39 is 11.6 Å². The second kappa shape index (κ2) is 8.41. The van der Waals surface area contributed by atoms with Crippen molar-refractivity contribution in [2.75, 3.05) is 16.8 Å². The summed E-state index contributed by atoms with van der Waals surface area (Å²) in [5, 5.41) is 2.92. The fraction of sp³-hybridized carbons (Fsp3) is 0.423. The molecule has 1 aliphatic heterocycles. The lowest BCUT2D eigenvalue weighted by Crippen LogP contribution is -2.51. The number of aryl methyl sites for hydroxylation is 4. The molecule has 1 spiro atoms. The number of imide groups is 1. The quantitative estimate of drug-likeness (QED) is 0.688. The number of carbonyl (C=O) groups is 3. The van der Waals surface area contributed by atoms with Crippen LogP contribution in [0.4, 0.5) is 16.2 Å². The molecular weight excluding hydrogens is 402 g/mol. The largest absolute Gasteiger partial charge is 0.332 e. The lowest BCUT2D eigenvalue weighted by molar-refractivity contribution is -0.134. The van der Waals surface area contributed by atoms with E-state index in [-0.39, 0.29) is 18.4 Å². The SMILES string of the molecule is Cc1ccc(N2C(=O)N(CC(=O)Nc3c(C)cc(C)cc3C)C(=O)C23CCCCC3)cc1. The second-order valence-electron chi connectivity index (χ2n) is 9.26. The van der Waals surface area contributed by atoms with Gasteiger partial charge in [0.2, 0.25) is 5.91 Å². The van der Waals surface area contributed by atoms with Crippen LogP contribution in [0.3, 0.4) is 0 Å². The van der Waals surface area contributed by atoms with Crippen molar-refractivity contribution < 1.29 is 14.4 Å². The van der Waals surface area contributed by atoms with Crippen molar-refractivity contribution in [1.82, 2.24) is 4.90 Å². The lowest BCUT2D eigenvalue weighted by Gasteiger charge is -2.38. The van der Waals surface area contributed by atoms with Gasteiger partial charge in [-0.1, -0.05) is 54.7 Å². The Bertz CT molecular complexity index is 1050. The van der Waals surface area contributed by atoms with Gasteiger partial charge in [-0.25, -0.2) is 4.79 Å². The third kappa shape index (κ3) is 3.78. The number of hydrogen-bond acceptors (Lipinski definition) is 3. The van der Waals surface area contributed by atoms with Crippen LogP contribution in [0.1, 0.15) is 54.4 Å². The van der Waals surface area contributed by atoms with Gasteiger partial charge in [0.15, 0.2) is 0 Å². The Morgan fingerprint density at radius 2 is 1.50 bits per heavy atom. The number of anilines is 2. The van der Waals surface area contributed by atoms with Crippen LogP contribution in [-0.4, -0.2) is 34.8 Å². The molecule has 2 fully saturated rings. The number of benzene rings is 2. The van der Waals surface area contributed by atoms with Crippen molar-refractivity contribution >= 4 is 29.2 Å². The highest BCUT2D eigenvalue weighted by atomic mass is 16.2. The Labute approximate surface area is 189 Å². The van der Waals surface area contributed by atoms with Gasteiger partial charge in [-0.05, 0) is 63.8 Å². The van der Waals surface area contributed by atoms with Gasteiger partial charge in [-0.15, -0.1) is 0 Å². The van der Waals surface area contributed by atoms with Crippen LogP contribution in [0, 0.1) is 27.7 Å². The van der Waals surface area contributed by atoms with Crippen LogP contribution < -0.4 is 10.2 Å². The number of urea groups is 1. The first-order chi connectivity index (χ1) is 15.2. The number of nitrogens with zero attached hydrogens (tertiary/aromatic N) is 2. The van der Waals surface area contributed by atoms with Gasteiger partial charge >= 0.3 is 6.03 Å². The zero-order chi connectivity index (χ0) is 23.0. The molecule has 0 radical (unpaired) electrons. The Balaban J connectivity index is 1.62. The third-order valence-corrected chi connectivity index (χ3v) is 6.71. The molecule has 2 aromatic rings. The highest BCUT2D eigenvalue weighted by Crippen LogP contribution is 2.43. The summed E-state index contributed by atoms with van der Waals surface area (Å²) < 4.78 is 0.